The molecule has 1 atom stereocenters. The van der Waals surface area contributed by atoms with Crippen LogP contribution in [0, 0.1) is 0 Å². The Bertz CT molecular complexity index is 338. The third-order valence-electron chi connectivity index (χ3n) is 2.35. The molecule has 1 aromatic rings. The highest BCUT2D eigenvalue weighted by Gasteiger charge is 2.18. The van der Waals surface area contributed by atoms with Gasteiger partial charge in [-0.1, -0.05) is 17.7 Å². The van der Waals surface area contributed by atoms with Crippen molar-refractivity contribution < 1.29 is 4.79 Å². The van der Waals surface area contributed by atoms with Crippen molar-refractivity contribution in [3.05, 3.63) is 28.8 Å². The van der Waals surface area contributed by atoms with E-state index >= 15 is 0 Å². The Morgan fingerprint density at radius 3 is 3.15 bits per heavy atom. The van der Waals surface area contributed by atoms with E-state index in [1.165, 1.54) is 0 Å². The van der Waals surface area contributed by atoms with Crippen molar-refractivity contribution >= 4 is 23.6 Å². The van der Waals surface area contributed by atoms with Crippen molar-refractivity contribution in [3.63, 3.8) is 0 Å². The minimum absolute atomic E-state index is 0.0357. The largest absolute Gasteiger partial charge is 0.385 e. The van der Waals surface area contributed by atoms with Crippen molar-refractivity contribution in [2.75, 3.05) is 11.9 Å². The molecule has 0 amide bonds. The number of benzene rings is 1. The van der Waals surface area contributed by atoms with Crippen molar-refractivity contribution in [2.24, 2.45) is 0 Å². The lowest BCUT2D eigenvalue weighted by atomic mass is 9.92. The quantitative estimate of drug-likeness (QED) is 0.698. The molecule has 0 bridgehead atoms. The molecule has 68 valence electrons. The van der Waals surface area contributed by atoms with Crippen LogP contribution < -0.4 is 5.32 Å². The minimum Gasteiger partial charge on any atom is -0.385 e. The van der Waals surface area contributed by atoms with Crippen molar-refractivity contribution in [1.29, 1.82) is 0 Å². The predicted octanol–water partition coefficient (Wildman–Crippen LogP) is 2.44. The molecule has 2 nitrogen and oxygen atoms in total. The maximum Gasteiger partial charge on any atom is 0.127 e. The first-order chi connectivity index (χ1) is 6.31. The van der Waals surface area contributed by atoms with E-state index in [0.717, 1.165) is 30.5 Å². The van der Waals surface area contributed by atoms with E-state index in [9.17, 15) is 4.79 Å². The van der Waals surface area contributed by atoms with Crippen molar-refractivity contribution in [2.45, 2.75) is 12.3 Å². The topological polar surface area (TPSA) is 29.1 Å². The maximum atomic E-state index is 10.7. The normalized spacial score (nSPS) is 20.2. The lowest BCUT2D eigenvalue weighted by Gasteiger charge is -2.22. The molecule has 1 N–H and O–H groups in total. The fourth-order valence-electron chi connectivity index (χ4n) is 1.66. The number of fused-ring (bicyclic) bond motifs is 1. The highest BCUT2D eigenvalue weighted by atomic mass is 35.5. The fourth-order valence-corrected chi connectivity index (χ4v) is 1.84. The van der Waals surface area contributed by atoms with Gasteiger partial charge in [0, 0.05) is 23.2 Å². The SMILES string of the molecule is O=CC1CCNc2cc(Cl)ccc21. The van der Waals surface area contributed by atoms with Crippen molar-refractivity contribution in [1.82, 2.24) is 0 Å². The molecule has 1 aromatic carbocycles. The Hall–Kier alpha value is -1.02. The van der Waals surface area contributed by atoms with Crippen LogP contribution >= 0.6 is 11.6 Å². The first kappa shape index (κ1) is 8.57. The van der Waals surface area contributed by atoms with E-state index in [-0.39, 0.29) is 5.92 Å². The molecule has 3 heteroatoms. The van der Waals surface area contributed by atoms with Crippen LogP contribution in [0.1, 0.15) is 17.9 Å². The summed E-state index contributed by atoms with van der Waals surface area (Å²) in [5.74, 6) is 0.0357. The average molecular weight is 196 g/mol. The first-order valence-corrected chi connectivity index (χ1v) is 4.67. The molecule has 1 unspecified atom stereocenters. The minimum atomic E-state index is 0.0357. The van der Waals surface area contributed by atoms with Gasteiger partial charge in [0.15, 0.2) is 0 Å². The molecular formula is C10H10ClNO. The van der Waals surface area contributed by atoms with Gasteiger partial charge in [-0.25, -0.2) is 0 Å². The summed E-state index contributed by atoms with van der Waals surface area (Å²) in [6.07, 6.45) is 1.88. The van der Waals surface area contributed by atoms with E-state index in [2.05, 4.69) is 5.32 Å². The second-order valence-corrected chi connectivity index (χ2v) is 3.63. The van der Waals surface area contributed by atoms with Crippen LogP contribution in [0.2, 0.25) is 5.02 Å². The van der Waals surface area contributed by atoms with E-state index < -0.39 is 0 Å². The number of carbonyl (C=O) groups is 1. The molecule has 0 saturated carbocycles. The van der Waals surface area contributed by atoms with Gasteiger partial charge in [-0.3, -0.25) is 0 Å². The number of hydrogen-bond acceptors (Lipinski definition) is 2. The number of nitrogens with one attached hydrogen (secondary N) is 1. The Labute approximate surface area is 81.9 Å². The molecule has 0 fully saturated rings. The number of halogens is 1. The molecule has 0 aromatic heterocycles. The lowest BCUT2D eigenvalue weighted by Crippen LogP contribution is -2.17. The highest BCUT2D eigenvalue weighted by Crippen LogP contribution is 2.31. The standard InChI is InChI=1S/C10H10ClNO/c11-8-1-2-9-7(6-13)3-4-12-10(9)5-8/h1-2,5-7,12H,3-4H2. The van der Waals surface area contributed by atoms with Crippen LogP contribution in [0.15, 0.2) is 18.2 Å². The molecule has 0 spiro atoms. The van der Waals surface area contributed by atoms with E-state index in [1.807, 2.05) is 18.2 Å². The van der Waals surface area contributed by atoms with Crippen LogP contribution in [-0.4, -0.2) is 12.8 Å². The first-order valence-electron chi connectivity index (χ1n) is 4.30. The third kappa shape index (κ3) is 1.54. The number of aldehydes is 1. The van der Waals surface area contributed by atoms with E-state index in [4.69, 9.17) is 11.6 Å². The second-order valence-electron chi connectivity index (χ2n) is 3.19. The summed E-state index contributed by atoms with van der Waals surface area (Å²) < 4.78 is 0. The Morgan fingerprint density at radius 1 is 1.54 bits per heavy atom. The van der Waals surface area contributed by atoms with E-state index in [1.54, 1.807) is 0 Å². The molecule has 1 aliphatic rings. The van der Waals surface area contributed by atoms with Gasteiger partial charge >= 0.3 is 0 Å². The number of hydrogen-bond donors (Lipinski definition) is 1. The van der Waals surface area contributed by atoms with E-state index in [0.29, 0.717) is 5.02 Å². The Morgan fingerprint density at radius 2 is 2.38 bits per heavy atom. The number of anilines is 1. The molecule has 1 heterocycles. The van der Waals surface area contributed by atoms with Gasteiger partial charge in [0.1, 0.15) is 6.29 Å². The van der Waals surface area contributed by atoms with Crippen LogP contribution in [0.3, 0.4) is 0 Å². The smallest absolute Gasteiger partial charge is 0.127 e. The lowest BCUT2D eigenvalue weighted by molar-refractivity contribution is -0.109. The van der Waals surface area contributed by atoms with Crippen LogP contribution in [-0.2, 0) is 4.79 Å². The molecule has 13 heavy (non-hydrogen) atoms. The Kier molecular flexibility index (Phi) is 2.23. The monoisotopic (exact) mass is 195 g/mol. The zero-order valence-electron chi connectivity index (χ0n) is 7.09. The van der Waals surface area contributed by atoms with Crippen molar-refractivity contribution in [3.8, 4) is 0 Å². The molecule has 2 rings (SSSR count). The molecule has 0 radical (unpaired) electrons. The summed E-state index contributed by atoms with van der Waals surface area (Å²) in [5, 5.41) is 3.93. The van der Waals surface area contributed by atoms with Gasteiger partial charge in [0.25, 0.3) is 0 Å². The van der Waals surface area contributed by atoms with Gasteiger partial charge in [-0.15, -0.1) is 0 Å². The van der Waals surface area contributed by atoms with Crippen LogP contribution in [0.25, 0.3) is 0 Å². The summed E-state index contributed by atoms with van der Waals surface area (Å²) >= 11 is 5.84. The molecule has 0 aliphatic carbocycles. The third-order valence-corrected chi connectivity index (χ3v) is 2.58. The van der Waals surface area contributed by atoms with Gasteiger partial charge < -0.3 is 10.1 Å². The predicted molar refractivity (Wildman–Crippen MR) is 53.4 cm³/mol. The highest BCUT2D eigenvalue weighted by molar-refractivity contribution is 6.30. The summed E-state index contributed by atoms with van der Waals surface area (Å²) in [7, 11) is 0. The maximum absolute atomic E-state index is 10.7. The van der Waals surface area contributed by atoms with Gasteiger partial charge in [0.2, 0.25) is 0 Å². The summed E-state index contributed by atoms with van der Waals surface area (Å²) in [5.41, 5.74) is 2.06. The zero-order chi connectivity index (χ0) is 9.26. The summed E-state index contributed by atoms with van der Waals surface area (Å²) in [6.45, 7) is 0.844. The average Bonchev–Trinajstić information content (AvgIpc) is 2.16. The Balaban J connectivity index is 2.45. The number of carbonyl (C=O) groups excluding carboxylic acids is 1. The van der Waals surface area contributed by atoms with Gasteiger partial charge in [0.05, 0.1) is 0 Å². The van der Waals surface area contributed by atoms with Gasteiger partial charge in [-0.2, -0.15) is 0 Å². The van der Waals surface area contributed by atoms with Gasteiger partial charge in [-0.05, 0) is 24.1 Å². The van der Waals surface area contributed by atoms with Crippen LogP contribution in [0.4, 0.5) is 5.69 Å². The second kappa shape index (κ2) is 3.38. The molecular weight excluding hydrogens is 186 g/mol. The number of rotatable bonds is 1. The zero-order valence-corrected chi connectivity index (χ0v) is 7.84. The van der Waals surface area contributed by atoms with Crippen LogP contribution in [0.5, 0.6) is 0 Å². The summed E-state index contributed by atoms with van der Waals surface area (Å²) in [6, 6.07) is 5.61. The summed E-state index contributed by atoms with van der Waals surface area (Å²) in [4.78, 5) is 10.7. The molecule has 0 saturated heterocycles. The fraction of sp³-hybridized carbons (Fsp3) is 0.300. The molecule has 1 aliphatic heterocycles.